The molecule has 3 N–H and O–H groups in total. The lowest BCUT2D eigenvalue weighted by Crippen LogP contribution is -2.15. The Morgan fingerprint density at radius 1 is 0.839 bits per heavy atom. The molecule has 166 valence electrons. The number of carbonyl (C=O) groups is 4. The van der Waals surface area contributed by atoms with Crippen molar-refractivity contribution < 1.29 is 44.0 Å². The molecule has 9 nitrogen and oxygen atoms in total. The minimum absolute atomic E-state index is 0.125. The minimum atomic E-state index is -1.42. The van der Waals surface area contributed by atoms with Gasteiger partial charge in [-0.05, 0) is 30.3 Å². The van der Waals surface area contributed by atoms with E-state index < -0.39 is 42.7 Å². The molecule has 31 heavy (non-hydrogen) atoms. The summed E-state index contributed by atoms with van der Waals surface area (Å²) < 4.78 is 9.07. The molecule has 0 spiro atoms. The van der Waals surface area contributed by atoms with Crippen LogP contribution in [0.2, 0.25) is 20.1 Å². The fraction of sp³-hybridized carbons (Fsp3) is 0.111. The molecule has 0 unspecified atom stereocenters. The van der Waals surface area contributed by atoms with Crippen molar-refractivity contribution in [3.05, 3.63) is 56.0 Å². The van der Waals surface area contributed by atoms with Gasteiger partial charge in [-0.15, -0.1) is 0 Å². The van der Waals surface area contributed by atoms with Crippen LogP contribution in [0.1, 0.15) is 16.8 Å². The van der Waals surface area contributed by atoms with Crippen molar-refractivity contribution in [2.24, 2.45) is 0 Å². The monoisotopic (exact) mass is 512 g/mol. The molecule has 2 aromatic rings. The number of hydrogen-bond acceptors (Lipinski definition) is 7. The van der Waals surface area contributed by atoms with Crippen molar-refractivity contribution in [3.63, 3.8) is 0 Å². The summed E-state index contributed by atoms with van der Waals surface area (Å²) in [6.45, 7) is -0.499. The SMILES string of the molecule is O=C(O)CC(=O)OC(=O)c1cc(Cl)ccc1O.O=C(O)COc1c(Cl)cc(Cl)cc1Cl. The van der Waals surface area contributed by atoms with Crippen LogP contribution in [0, 0.1) is 0 Å². The van der Waals surface area contributed by atoms with Crippen LogP contribution in [-0.2, 0) is 19.1 Å². The Morgan fingerprint density at radius 3 is 1.94 bits per heavy atom. The molecule has 0 aliphatic rings. The molecule has 0 heterocycles. The zero-order valence-corrected chi connectivity index (χ0v) is 18.1. The maximum Gasteiger partial charge on any atom is 0.349 e. The zero-order chi connectivity index (χ0) is 23.7. The highest BCUT2D eigenvalue weighted by molar-refractivity contribution is 6.40. The molecule has 0 aliphatic heterocycles. The molecule has 0 aromatic heterocycles. The number of ether oxygens (including phenoxy) is 2. The molecule has 0 saturated carbocycles. The molecule has 0 atom stereocenters. The second-order valence-corrected chi connectivity index (χ2v) is 7.06. The number of benzene rings is 2. The summed E-state index contributed by atoms with van der Waals surface area (Å²) in [5, 5.41) is 26.9. The summed E-state index contributed by atoms with van der Waals surface area (Å²) in [5.74, 6) is -5.19. The summed E-state index contributed by atoms with van der Waals surface area (Å²) >= 11 is 22.7. The Morgan fingerprint density at radius 2 is 1.42 bits per heavy atom. The number of aromatic hydroxyl groups is 1. The van der Waals surface area contributed by atoms with E-state index in [4.69, 9.17) is 61.4 Å². The van der Waals surface area contributed by atoms with Gasteiger partial charge in [0.05, 0.1) is 10.0 Å². The summed E-state index contributed by atoms with van der Waals surface area (Å²) in [6.07, 6.45) is -0.937. The highest BCUT2D eigenvalue weighted by Gasteiger charge is 2.19. The van der Waals surface area contributed by atoms with Gasteiger partial charge in [0.15, 0.2) is 12.4 Å². The van der Waals surface area contributed by atoms with Gasteiger partial charge < -0.3 is 24.8 Å². The highest BCUT2D eigenvalue weighted by Crippen LogP contribution is 2.35. The van der Waals surface area contributed by atoms with Gasteiger partial charge in [-0.25, -0.2) is 9.59 Å². The number of rotatable bonds is 6. The topological polar surface area (TPSA) is 147 Å². The number of phenolic OH excluding ortho intramolecular Hbond substituents is 1. The largest absolute Gasteiger partial charge is 0.507 e. The standard InChI is InChI=1S/C10H7ClO6.C8H5Cl3O3/c11-5-1-2-7(12)6(3-5)10(16)17-9(15)4-8(13)14;9-4-1-5(10)8(6(11)2-4)14-3-7(12)13/h1-3,12H,4H2,(H,13,14);1-2H,3H2,(H,12,13). The van der Waals surface area contributed by atoms with Gasteiger partial charge >= 0.3 is 23.9 Å². The molecule has 13 heteroatoms. The summed E-state index contributed by atoms with van der Waals surface area (Å²) in [4.78, 5) is 42.6. The number of aliphatic carboxylic acids is 2. The van der Waals surface area contributed by atoms with Crippen molar-refractivity contribution >= 4 is 70.3 Å². The minimum Gasteiger partial charge on any atom is -0.507 e. The van der Waals surface area contributed by atoms with E-state index in [1.54, 1.807) is 0 Å². The predicted octanol–water partition coefficient (Wildman–Crippen LogP) is 4.31. The van der Waals surface area contributed by atoms with Gasteiger partial charge in [0.1, 0.15) is 17.7 Å². The third kappa shape index (κ3) is 9.31. The molecule has 0 amide bonds. The van der Waals surface area contributed by atoms with E-state index in [9.17, 15) is 24.3 Å². The van der Waals surface area contributed by atoms with E-state index in [1.165, 1.54) is 18.2 Å². The third-order valence-corrected chi connectivity index (χ3v) is 4.00. The number of carbonyl (C=O) groups excluding carboxylic acids is 2. The van der Waals surface area contributed by atoms with E-state index in [0.29, 0.717) is 5.02 Å². The summed E-state index contributed by atoms with van der Waals surface area (Å²) in [6, 6.07) is 6.44. The Labute approximate surface area is 194 Å². The van der Waals surface area contributed by atoms with Crippen LogP contribution in [0.25, 0.3) is 0 Å². The Kier molecular flexibility index (Phi) is 10.4. The number of halogens is 4. The van der Waals surface area contributed by atoms with Crippen molar-refractivity contribution in [3.8, 4) is 11.5 Å². The zero-order valence-electron chi connectivity index (χ0n) is 15.1. The molecule has 0 aliphatic carbocycles. The second-order valence-electron chi connectivity index (χ2n) is 5.37. The second kappa shape index (κ2) is 12.2. The molecule has 0 fully saturated rings. The normalized spacial score (nSPS) is 9.81. The Hall–Kier alpha value is -2.72. The molecule has 2 aromatic carbocycles. The van der Waals surface area contributed by atoms with Crippen molar-refractivity contribution in [2.75, 3.05) is 6.61 Å². The molecular weight excluding hydrogens is 502 g/mol. The lowest BCUT2D eigenvalue weighted by molar-refractivity contribution is -0.147. The van der Waals surface area contributed by atoms with Gasteiger partial charge in [0.2, 0.25) is 0 Å². The van der Waals surface area contributed by atoms with E-state index >= 15 is 0 Å². The van der Waals surface area contributed by atoms with Crippen LogP contribution in [0.15, 0.2) is 30.3 Å². The third-order valence-electron chi connectivity index (χ3n) is 2.98. The highest BCUT2D eigenvalue weighted by atomic mass is 35.5. The number of carboxylic acids is 2. The average Bonchev–Trinajstić information content (AvgIpc) is 2.62. The van der Waals surface area contributed by atoms with Crippen LogP contribution >= 0.6 is 46.4 Å². The predicted molar refractivity (Wildman–Crippen MR) is 110 cm³/mol. The van der Waals surface area contributed by atoms with Crippen LogP contribution in [0.4, 0.5) is 0 Å². The first-order chi connectivity index (χ1) is 14.4. The quantitative estimate of drug-likeness (QED) is 0.379. The fourth-order valence-corrected chi connectivity index (χ4v) is 2.89. The molecule has 2 rings (SSSR count). The van der Waals surface area contributed by atoms with E-state index in [-0.39, 0.29) is 26.4 Å². The van der Waals surface area contributed by atoms with Crippen molar-refractivity contribution in [1.82, 2.24) is 0 Å². The smallest absolute Gasteiger partial charge is 0.349 e. The number of esters is 2. The fourth-order valence-electron chi connectivity index (χ4n) is 1.79. The molecule has 0 radical (unpaired) electrons. The van der Waals surface area contributed by atoms with Gasteiger partial charge in [-0.3, -0.25) is 9.59 Å². The Bertz CT molecular complexity index is 985. The number of phenols is 1. The first kappa shape index (κ1) is 26.3. The maximum atomic E-state index is 11.4. The Balaban J connectivity index is 0.000000316. The van der Waals surface area contributed by atoms with E-state index in [1.807, 2.05) is 0 Å². The average molecular weight is 514 g/mol. The van der Waals surface area contributed by atoms with Crippen molar-refractivity contribution in [1.29, 1.82) is 0 Å². The molecule has 0 saturated heterocycles. The van der Waals surface area contributed by atoms with E-state index in [0.717, 1.165) is 12.1 Å². The van der Waals surface area contributed by atoms with Crippen LogP contribution < -0.4 is 4.74 Å². The lowest BCUT2D eigenvalue weighted by Gasteiger charge is -2.07. The van der Waals surface area contributed by atoms with Gasteiger partial charge in [0, 0.05) is 10.0 Å². The van der Waals surface area contributed by atoms with Gasteiger partial charge in [-0.1, -0.05) is 46.4 Å². The maximum absolute atomic E-state index is 11.4. The first-order valence-corrected chi connectivity index (χ1v) is 9.36. The lowest BCUT2D eigenvalue weighted by atomic mass is 10.2. The first-order valence-electron chi connectivity index (χ1n) is 7.85. The van der Waals surface area contributed by atoms with E-state index in [2.05, 4.69) is 4.74 Å². The van der Waals surface area contributed by atoms with Crippen molar-refractivity contribution in [2.45, 2.75) is 6.42 Å². The summed E-state index contributed by atoms with van der Waals surface area (Å²) in [5.41, 5.74) is -0.309. The van der Waals surface area contributed by atoms with Crippen LogP contribution in [0.5, 0.6) is 11.5 Å². The number of hydrogen-bond donors (Lipinski definition) is 3. The molecule has 0 bridgehead atoms. The van der Waals surface area contributed by atoms with Crippen LogP contribution in [-0.4, -0.2) is 45.8 Å². The summed E-state index contributed by atoms with van der Waals surface area (Å²) in [7, 11) is 0. The van der Waals surface area contributed by atoms with Crippen LogP contribution in [0.3, 0.4) is 0 Å². The molecular formula is C18H12Cl4O9. The van der Waals surface area contributed by atoms with Gasteiger partial charge in [0.25, 0.3) is 0 Å². The van der Waals surface area contributed by atoms with Gasteiger partial charge in [-0.2, -0.15) is 0 Å². The number of carboxylic acid groups (broad SMARTS) is 2.